The molecule has 0 amide bonds. The molecule has 0 aliphatic heterocycles. The van der Waals surface area contributed by atoms with E-state index in [1.165, 1.54) is 89.9 Å². The van der Waals surface area contributed by atoms with E-state index in [4.69, 9.17) is 18.5 Å². The van der Waals surface area contributed by atoms with Crippen LogP contribution in [-0.4, -0.2) is 70.0 Å². The first kappa shape index (κ1) is 85.1. The van der Waals surface area contributed by atoms with Gasteiger partial charge < -0.3 is 27.9 Å². The Kier molecular flexibility index (Phi) is 64.8. The number of phosphoric ester groups is 1. The van der Waals surface area contributed by atoms with Gasteiger partial charge in [0.05, 0.1) is 27.7 Å². The molecule has 90 heavy (non-hydrogen) atoms. The number of hydrogen-bond acceptors (Lipinski definition) is 8. The molecule has 0 fully saturated rings. The zero-order valence-corrected chi connectivity index (χ0v) is 58.7. The van der Waals surface area contributed by atoms with E-state index in [1.807, 2.05) is 21.1 Å². The molecule has 0 radical (unpaired) electrons. The summed E-state index contributed by atoms with van der Waals surface area (Å²) in [6, 6.07) is 0. The second kappa shape index (κ2) is 68.5. The van der Waals surface area contributed by atoms with Crippen LogP contribution >= 0.6 is 7.82 Å². The number of esters is 2. The smallest absolute Gasteiger partial charge is 0.306 e. The Morgan fingerprint density at radius 2 is 0.600 bits per heavy atom. The number of rotatable bonds is 63. The molecule has 0 aliphatic rings. The minimum absolute atomic E-state index is 0.0482. The summed E-state index contributed by atoms with van der Waals surface area (Å²) in [6.07, 6.45) is 106. The van der Waals surface area contributed by atoms with Gasteiger partial charge in [-0.25, -0.2) is 0 Å². The van der Waals surface area contributed by atoms with E-state index < -0.39 is 32.5 Å². The molecule has 0 heterocycles. The number of nitrogens with zero attached hydrogens (tertiary/aromatic N) is 1. The Hall–Kier alpha value is -4.89. The number of carbonyl (C=O) groups excluding carboxylic acids is 2. The van der Waals surface area contributed by atoms with Crippen molar-refractivity contribution in [3.8, 4) is 0 Å². The van der Waals surface area contributed by atoms with Crippen LogP contribution in [0.1, 0.15) is 258 Å². The van der Waals surface area contributed by atoms with E-state index in [0.717, 1.165) is 128 Å². The molecule has 9 nitrogen and oxygen atoms in total. The summed E-state index contributed by atoms with van der Waals surface area (Å²) < 4.78 is 34.2. The van der Waals surface area contributed by atoms with E-state index >= 15 is 0 Å². The van der Waals surface area contributed by atoms with E-state index in [0.29, 0.717) is 23.9 Å². The Bertz CT molecular complexity index is 2170. The predicted molar refractivity (Wildman–Crippen MR) is 387 cm³/mol. The Morgan fingerprint density at radius 3 is 0.911 bits per heavy atom. The number of ether oxygens (including phenoxy) is 2. The highest BCUT2D eigenvalue weighted by atomic mass is 31.2. The molecule has 0 N–H and O–H groups in total. The third-order valence-corrected chi connectivity index (χ3v) is 15.4. The minimum Gasteiger partial charge on any atom is -0.756 e. The van der Waals surface area contributed by atoms with E-state index in [9.17, 15) is 19.0 Å². The molecule has 508 valence electrons. The lowest BCUT2D eigenvalue weighted by Gasteiger charge is -2.28. The minimum atomic E-state index is -4.67. The second-order valence-electron chi connectivity index (χ2n) is 24.1. The number of hydrogen-bond donors (Lipinski definition) is 0. The lowest BCUT2D eigenvalue weighted by molar-refractivity contribution is -0.870. The molecule has 0 aromatic heterocycles. The fourth-order valence-electron chi connectivity index (χ4n) is 9.06. The Balaban J connectivity index is 4.11. The molecular weight excluding hydrogens is 1130 g/mol. The maximum atomic E-state index is 12.8. The van der Waals surface area contributed by atoms with Gasteiger partial charge in [-0.15, -0.1) is 0 Å². The molecule has 2 atom stereocenters. The Labute approximate surface area is 552 Å². The lowest BCUT2D eigenvalue weighted by atomic mass is 10.0. The molecule has 0 aliphatic carbocycles. The summed E-state index contributed by atoms with van der Waals surface area (Å²) >= 11 is 0. The average Bonchev–Trinajstić information content (AvgIpc) is 3.61. The monoisotopic (exact) mass is 1260 g/mol. The van der Waals surface area contributed by atoms with Gasteiger partial charge in [-0.05, 0) is 135 Å². The van der Waals surface area contributed by atoms with Crippen LogP contribution in [-0.2, 0) is 32.7 Å². The topological polar surface area (TPSA) is 111 Å². The predicted octanol–water partition coefficient (Wildman–Crippen LogP) is 22.9. The van der Waals surface area contributed by atoms with Crippen molar-refractivity contribution in [2.75, 3.05) is 47.5 Å². The fraction of sp³-hybridized carbons (Fsp3) is 0.600. The summed E-state index contributed by atoms with van der Waals surface area (Å²) in [5.41, 5.74) is 0. The number of phosphoric acid groups is 1. The summed E-state index contributed by atoms with van der Waals surface area (Å²) in [5, 5.41) is 0. The number of carbonyl (C=O) groups is 2. The van der Waals surface area contributed by atoms with Crippen LogP contribution in [0.2, 0.25) is 0 Å². The van der Waals surface area contributed by atoms with Crippen molar-refractivity contribution in [1.82, 2.24) is 0 Å². The van der Waals surface area contributed by atoms with Gasteiger partial charge in [0.15, 0.2) is 6.10 Å². The van der Waals surface area contributed by atoms with Crippen LogP contribution < -0.4 is 4.89 Å². The fourth-order valence-corrected chi connectivity index (χ4v) is 9.79. The standard InChI is InChI=1S/C80H130NO8P/c1-6-8-10-12-14-16-18-20-22-24-26-28-30-32-34-35-36-37-38-39-40-41-42-43-44-45-47-48-50-52-54-56-58-60-62-64-66-68-70-72-79(82)86-76-78(77-88-90(84,85)87-75-74-81(3,4)5)89-80(83)73-71-69-67-65-63-61-59-57-55-53-51-49-46-33-31-29-27-25-23-21-19-17-15-13-11-9-7-2/h8-11,14-17,20-23,26-29,32-34,36-37,39-40,46,51,53,57,59,63,65,78H,6-7,12-13,18-19,24-25,30-31,35,38,41-45,47-50,52,54-56,58,60-62,64,66-77H2,1-5H3/b10-8-,11-9-,16-14-,17-15-,22-20-,23-21-,28-26-,29-27-,34-32-,37-36-,40-39-,46-33-,53-51-,59-57-,65-63-. The first-order chi connectivity index (χ1) is 44.0. The van der Waals surface area contributed by atoms with E-state index in [2.05, 4.69) is 196 Å². The molecular formula is C80H130NO8P. The van der Waals surface area contributed by atoms with Crippen LogP contribution in [0.5, 0.6) is 0 Å². The quantitative estimate of drug-likeness (QED) is 0.0195. The number of allylic oxidation sites excluding steroid dienone is 30. The molecule has 0 spiro atoms. The zero-order valence-electron chi connectivity index (χ0n) is 57.8. The highest BCUT2D eigenvalue weighted by molar-refractivity contribution is 7.45. The van der Waals surface area contributed by atoms with Gasteiger partial charge in [-0.3, -0.25) is 14.2 Å². The van der Waals surface area contributed by atoms with Gasteiger partial charge in [0, 0.05) is 12.8 Å². The van der Waals surface area contributed by atoms with Crippen molar-refractivity contribution < 1.29 is 42.1 Å². The largest absolute Gasteiger partial charge is 0.756 e. The van der Waals surface area contributed by atoms with E-state index in [-0.39, 0.29) is 26.1 Å². The number of unbranched alkanes of at least 4 members (excludes halogenated alkanes) is 19. The molecule has 0 saturated carbocycles. The van der Waals surface area contributed by atoms with Gasteiger partial charge in [0.25, 0.3) is 7.82 Å². The normalized spacial score (nSPS) is 14.2. The van der Waals surface area contributed by atoms with Crippen molar-refractivity contribution in [2.45, 2.75) is 264 Å². The first-order valence-electron chi connectivity index (χ1n) is 35.5. The Morgan fingerprint density at radius 1 is 0.344 bits per heavy atom. The van der Waals surface area contributed by atoms with Crippen molar-refractivity contribution in [3.05, 3.63) is 182 Å². The number of likely N-dealkylation sites (N-methyl/N-ethyl adjacent to an activating group) is 1. The summed E-state index contributed by atoms with van der Waals surface area (Å²) in [4.78, 5) is 38.1. The third-order valence-electron chi connectivity index (χ3n) is 14.4. The van der Waals surface area contributed by atoms with Gasteiger partial charge in [-0.2, -0.15) is 0 Å². The molecule has 0 saturated heterocycles. The summed E-state index contributed by atoms with van der Waals surface area (Å²) in [6.45, 7) is 3.95. The zero-order chi connectivity index (χ0) is 65.5. The summed E-state index contributed by atoms with van der Waals surface area (Å²) in [7, 11) is 1.12. The third kappa shape index (κ3) is 72.2. The van der Waals surface area contributed by atoms with Crippen molar-refractivity contribution in [1.29, 1.82) is 0 Å². The first-order valence-corrected chi connectivity index (χ1v) is 37.0. The van der Waals surface area contributed by atoms with Crippen molar-refractivity contribution in [3.63, 3.8) is 0 Å². The van der Waals surface area contributed by atoms with Crippen LogP contribution in [0.25, 0.3) is 0 Å². The molecule has 10 heteroatoms. The molecule has 2 unspecified atom stereocenters. The lowest BCUT2D eigenvalue weighted by Crippen LogP contribution is -2.37. The highest BCUT2D eigenvalue weighted by Crippen LogP contribution is 2.38. The second-order valence-corrected chi connectivity index (χ2v) is 25.5. The van der Waals surface area contributed by atoms with Crippen molar-refractivity contribution in [2.24, 2.45) is 0 Å². The van der Waals surface area contributed by atoms with Crippen LogP contribution in [0.15, 0.2) is 182 Å². The SMILES string of the molecule is CC/C=C\C/C=C\C/C=C\C/C=C\C/C=C\C/C=C\C/C=C\C/C=C\CCCCC(=O)OC(COC(=O)CCCCCCCCCCCCCCCCCCC/C=C\C/C=C\C/C=C\C/C=C\C/C=C\C/C=C\C/C=C\CC)COP(=O)([O-])OCC[N+](C)(C)C. The van der Waals surface area contributed by atoms with Crippen LogP contribution in [0, 0.1) is 0 Å². The van der Waals surface area contributed by atoms with Crippen LogP contribution in [0.4, 0.5) is 0 Å². The maximum Gasteiger partial charge on any atom is 0.306 e. The van der Waals surface area contributed by atoms with Crippen molar-refractivity contribution >= 4 is 19.8 Å². The average molecular weight is 1260 g/mol. The van der Waals surface area contributed by atoms with E-state index in [1.54, 1.807) is 0 Å². The van der Waals surface area contributed by atoms with Gasteiger partial charge in [-0.1, -0.05) is 292 Å². The highest BCUT2D eigenvalue weighted by Gasteiger charge is 2.22. The number of quaternary nitrogens is 1. The van der Waals surface area contributed by atoms with Gasteiger partial charge in [0.1, 0.15) is 19.8 Å². The van der Waals surface area contributed by atoms with Crippen LogP contribution in [0.3, 0.4) is 0 Å². The van der Waals surface area contributed by atoms with Gasteiger partial charge in [0.2, 0.25) is 0 Å². The molecule has 0 aromatic carbocycles. The summed E-state index contributed by atoms with van der Waals surface area (Å²) in [5.74, 6) is -0.892. The molecule has 0 bridgehead atoms. The molecule has 0 rings (SSSR count). The van der Waals surface area contributed by atoms with Gasteiger partial charge >= 0.3 is 11.9 Å². The molecule has 0 aromatic rings. The maximum absolute atomic E-state index is 12.8.